The standard InChI is InChI=1S/C8H5N5S/c9-8-10-6-5-4(12-13-6)2-1-3-14-7(5)11-8/h1-3H,(H2,9,10,11). The number of azo groups is 1. The molecule has 0 aromatic carbocycles. The fourth-order valence-corrected chi connectivity index (χ4v) is 2.07. The number of hydrogen-bond acceptors (Lipinski definition) is 6. The third-order valence-corrected chi connectivity index (χ3v) is 2.71. The molecule has 5 nitrogen and oxygen atoms in total. The van der Waals surface area contributed by atoms with Gasteiger partial charge in [-0.2, -0.15) is 4.98 Å². The van der Waals surface area contributed by atoms with Crippen molar-refractivity contribution >= 4 is 29.2 Å². The average molecular weight is 203 g/mol. The molecule has 0 saturated carbocycles. The van der Waals surface area contributed by atoms with E-state index >= 15 is 0 Å². The lowest BCUT2D eigenvalue weighted by molar-refractivity contribution is 1.05. The smallest absolute Gasteiger partial charge is 0.223 e. The van der Waals surface area contributed by atoms with Crippen LogP contribution in [0.15, 0.2) is 32.8 Å². The minimum Gasteiger partial charge on any atom is -0.368 e. The molecule has 0 unspecified atom stereocenters. The summed E-state index contributed by atoms with van der Waals surface area (Å²) >= 11 is 1.50. The van der Waals surface area contributed by atoms with E-state index in [0.29, 0.717) is 5.82 Å². The maximum atomic E-state index is 5.55. The zero-order valence-electron chi connectivity index (χ0n) is 7.01. The number of nitrogen functional groups attached to an aromatic ring is 1. The summed E-state index contributed by atoms with van der Waals surface area (Å²) in [6.45, 7) is 0. The number of nitrogens with zero attached hydrogens (tertiary/aromatic N) is 4. The minimum absolute atomic E-state index is 0.238. The first-order valence-electron chi connectivity index (χ1n) is 3.98. The first-order valence-corrected chi connectivity index (χ1v) is 4.86. The molecule has 68 valence electrons. The van der Waals surface area contributed by atoms with E-state index in [1.54, 1.807) is 0 Å². The predicted molar refractivity (Wildman–Crippen MR) is 53.9 cm³/mol. The third kappa shape index (κ3) is 0.973. The third-order valence-electron chi connectivity index (χ3n) is 1.89. The van der Waals surface area contributed by atoms with Gasteiger partial charge in [-0.15, -0.1) is 10.2 Å². The molecule has 3 heterocycles. The summed E-state index contributed by atoms with van der Waals surface area (Å²) in [6, 6.07) is 0. The van der Waals surface area contributed by atoms with Crippen LogP contribution in [-0.4, -0.2) is 9.97 Å². The second-order valence-corrected chi connectivity index (χ2v) is 3.68. The summed E-state index contributed by atoms with van der Waals surface area (Å²) in [4.78, 5) is 8.16. The van der Waals surface area contributed by atoms with Gasteiger partial charge in [-0.1, -0.05) is 17.8 Å². The molecule has 0 saturated heterocycles. The normalized spacial score (nSPS) is 16.4. The van der Waals surface area contributed by atoms with Gasteiger partial charge in [0, 0.05) is 0 Å². The molecule has 3 rings (SSSR count). The van der Waals surface area contributed by atoms with Crippen molar-refractivity contribution in [3.63, 3.8) is 0 Å². The van der Waals surface area contributed by atoms with E-state index in [0.717, 1.165) is 16.3 Å². The zero-order valence-corrected chi connectivity index (χ0v) is 7.82. The van der Waals surface area contributed by atoms with Gasteiger partial charge < -0.3 is 5.73 Å². The number of aromatic nitrogens is 2. The van der Waals surface area contributed by atoms with Gasteiger partial charge in [0.1, 0.15) is 5.03 Å². The summed E-state index contributed by atoms with van der Waals surface area (Å²) in [7, 11) is 0. The lowest BCUT2D eigenvalue weighted by Crippen LogP contribution is -1.97. The number of anilines is 1. The fourth-order valence-electron chi connectivity index (χ4n) is 1.33. The Morgan fingerprint density at radius 2 is 2.14 bits per heavy atom. The van der Waals surface area contributed by atoms with E-state index in [1.807, 2.05) is 17.6 Å². The van der Waals surface area contributed by atoms with Crippen LogP contribution in [0, 0.1) is 0 Å². The van der Waals surface area contributed by atoms with Crippen molar-refractivity contribution in [2.24, 2.45) is 10.2 Å². The van der Waals surface area contributed by atoms with Crippen molar-refractivity contribution in [1.82, 2.24) is 9.97 Å². The average Bonchev–Trinajstić information content (AvgIpc) is 2.43. The molecular formula is C8H5N5S. The Hall–Kier alpha value is -1.69. The molecule has 2 aliphatic rings. The van der Waals surface area contributed by atoms with Gasteiger partial charge in [0.2, 0.25) is 5.95 Å². The molecule has 0 amide bonds. The number of nitrogens with two attached hydrogens (primary N) is 1. The summed E-state index contributed by atoms with van der Waals surface area (Å²) < 4.78 is 0. The van der Waals surface area contributed by atoms with E-state index in [1.165, 1.54) is 11.8 Å². The van der Waals surface area contributed by atoms with E-state index in [-0.39, 0.29) is 5.95 Å². The highest BCUT2D eigenvalue weighted by Crippen LogP contribution is 2.41. The molecule has 1 aromatic rings. The van der Waals surface area contributed by atoms with Crippen LogP contribution >= 0.6 is 11.8 Å². The van der Waals surface area contributed by atoms with Crippen molar-refractivity contribution in [3.05, 3.63) is 23.1 Å². The van der Waals surface area contributed by atoms with E-state index < -0.39 is 0 Å². The molecule has 0 radical (unpaired) electrons. The Kier molecular flexibility index (Phi) is 1.45. The molecule has 0 bridgehead atoms. The van der Waals surface area contributed by atoms with E-state index in [9.17, 15) is 0 Å². The summed E-state index contributed by atoms with van der Waals surface area (Å²) in [5, 5.41) is 10.7. The van der Waals surface area contributed by atoms with Crippen LogP contribution in [0.25, 0.3) is 5.70 Å². The van der Waals surface area contributed by atoms with Crippen LogP contribution in [0.4, 0.5) is 11.8 Å². The van der Waals surface area contributed by atoms with Gasteiger partial charge in [-0.05, 0) is 11.5 Å². The van der Waals surface area contributed by atoms with Crippen LogP contribution in [0.3, 0.4) is 0 Å². The fraction of sp³-hybridized carbons (Fsp3) is 0. The Bertz CT molecular complexity index is 503. The molecular weight excluding hydrogens is 198 g/mol. The molecule has 14 heavy (non-hydrogen) atoms. The Balaban J connectivity index is 2.36. The number of thioether (sulfide) groups is 1. The Morgan fingerprint density at radius 1 is 1.21 bits per heavy atom. The second-order valence-electron chi connectivity index (χ2n) is 2.78. The maximum absolute atomic E-state index is 5.55. The molecule has 0 spiro atoms. The molecule has 0 atom stereocenters. The van der Waals surface area contributed by atoms with Crippen LogP contribution in [-0.2, 0) is 0 Å². The van der Waals surface area contributed by atoms with Crippen LogP contribution in [0.1, 0.15) is 5.56 Å². The van der Waals surface area contributed by atoms with Gasteiger partial charge in [0.15, 0.2) is 5.82 Å². The summed E-state index contributed by atoms with van der Waals surface area (Å²) in [5.74, 6) is 0.803. The van der Waals surface area contributed by atoms with E-state index in [2.05, 4.69) is 20.2 Å². The molecule has 2 N–H and O–H groups in total. The molecule has 0 fully saturated rings. The Morgan fingerprint density at radius 3 is 3.07 bits per heavy atom. The molecule has 2 aliphatic heterocycles. The number of hydrogen-bond donors (Lipinski definition) is 1. The van der Waals surface area contributed by atoms with Crippen molar-refractivity contribution < 1.29 is 0 Å². The highest BCUT2D eigenvalue weighted by atomic mass is 32.2. The van der Waals surface area contributed by atoms with Crippen LogP contribution in [0.5, 0.6) is 0 Å². The minimum atomic E-state index is 0.238. The SMILES string of the molecule is Nc1nc2c3c(n1)SC=CC=C3N=N2. The van der Waals surface area contributed by atoms with Crippen molar-refractivity contribution in [2.75, 3.05) is 5.73 Å². The van der Waals surface area contributed by atoms with Gasteiger partial charge in [-0.3, -0.25) is 0 Å². The lowest BCUT2D eigenvalue weighted by Gasteiger charge is -2.02. The predicted octanol–water partition coefficient (Wildman–Crippen LogP) is 2.12. The van der Waals surface area contributed by atoms with Crippen molar-refractivity contribution in [1.29, 1.82) is 0 Å². The van der Waals surface area contributed by atoms with Crippen molar-refractivity contribution in [3.8, 4) is 0 Å². The lowest BCUT2D eigenvalue weighted by atomic mass is 10.2. The van der Waals surface area contributed by atoms with Gasteiger partial charge in [0.25, 0.3) is 0 Å². The van der Waals surface area contributed by atoms with Crippen molar-refractivity contribution in [2.45, 2.75) is 5.03 Å². The van der Waals surface area contributed by atoms with Gasteiger partial charge in [-0.25, -0.2) is 4.98 Å². The quantitative estimate of drug-likeness (QED) is 0.655. The molecule has 6 heteroatoms. The van der Waals surface area contributed by atoms with Gasteiger partial charge in [0.05, 0.1) is 11.3 Å². The van der Waals surface area contributed by atoms with E-state index in [4.69, 9.17) is 5.73 Å². The first kappa shape index (κ1) is 7.69. The zero-order chi connectivity index (χ0) is 9.54. The first-order chi connectivity index (χ1) is 6.84. The molecule has 1 aromatic heterocycles. The second kappa shape index (κ2) is 2.65. The highest BCUT2D eigenvalue weighted by molar-refractivity contribution is 8.02. The highest BCUT2D eigenvalue weighted by Gasteiger charge is 2.22. The number of rotatable bonds is 0. The van der Waals surface area contributed by atoms with Gasteiger partial charge >= 0.3 is 0 Å². The van der Waals surface area contributed by atoms with Crippen LogP contribution < -0.4 is 5.73 Å². The maximum Gasteiger partial charge on any atom is 0.223 e. The Labute approximate surface area is 83.8 Å². The summed E-state index contributed by atoms with van der Waals surface area (Å²) in [6.07, 6.45) is 3.80. The molecule has 0 aliphatic carbocycles. The topological polar surface area (TPSA) is 76.5 Å². The summed E-state index contributed by atoms with van der Waals surface area (Å²) in [5.41, 5.74) is 7.23. The number of allylic oxidation sites excluding steroid dienone is 2. The largest absolute Gasteiger partial charge is 0.368 e. The van der Waals surface area contributed by atoms with Crippen LogP contribution in [0.2, 0.25) is 0 Å². The monoisotopic (exact) mass is 203 g/mol.